The smallest absolute Gasteiger partial charge is 0.228 e. The molecule has 1 saturated carbocycles. The average molecular weight is 418 g/mol. The Morgan fingerprint density at radius 2 is 1.79 bits per heavy atom. The Bertz CT molecular complexity index is 885. The highest BCUT2D eigenvalue weighted by atomic mass is 35.5. The summed E-state index contributed by atoms with van der Waals surface area (Å²) in [5.41, 5.74) is 1.57. The highest BCUT2D eigenvalue weighted by molar-refractivity contribution is 5.97. The number of hydrogen-bond donors (Lipinski definition) is 3. The number of rotatable bonds is 5. The van der Waals surface area contributed by atoms with Crippen molar-refractivity contribution >= 4 is 35.6 Å². The predicted molar refractivity (Wildman–Crippen MR) is 114 cm³/mol. The minimum Gasteiger partial charge on any atom is -0.326 e. The summed E-state index contributed by atoms with van der Waals surface area (Å²) in [4.78, 5) is 24.8. The highest BCUT2D eigenvalue weighted by Gasteiger charge is 2.57. The van der Waals surface area contributed by atoms with Crippen LogP contribution >= 0.6 is 12.4 Å². The third kappa shape index (κ3) is 4.95. The van der Waals surface area contributed by atoms with Crippen LogP contribution in [0.5, 0.6) is 0 Å². The lowest BCUT2D eigenvalue weighted by Gasteiger charge is -2.23. The van der Waals surface area contributed by atoms with Crippen LogP contribution in [0.4, 0.5) is 15.8 Å². The molecule has 5 nitrogen and oxygen atoms in total. The van der Waals surface area contributed by atoms with Crippen LogP contribution in [0.15, 0.2) is 48.5 Å². The summed E-state index contributed by atoms with van der Waals surface area (Å²) in [5.74, 6) is -0.823. The van der Waals surface area contributed by atoms with Gasteiger partial charge < -0.3 is 16.0 Å². The van der Waals surface area contributed by atoms with Crippen molar-refractivity contribution in [1.29, 1.82) is 0 Å². The van der Waals surface area contributed by atoms with Crippen molar-refractivity contribution in [2.24, 2.45) is 11.3 Å². The van der Waals surface area contributed by atoms with E-state index >= 15 is 0 Å². The van der Waals surface area contributed by atoms with Gasteiger partial charge in [0.05, 0.1) is 12.1 Å². The molecule has 0 bridgehead atoms. The van der Waals surface area contributed by atoms with E-state index < -0.39 is 5.82 Å². The number of carbonyl (C=O) groups is 2. The minimum absolute atomic E-state index is 0. The minimum atomic E-state index is -0.527. The molecule has 1 saturated heterocycles. The van der Waals surface area contributed by atoms with Gasteiger partial charge >= 0.3 is 0 Å². The maximum atomic E-state index is 14.1. The number of nitrogens with one attached hydrogen (secondary N) is 3. The lowest BCUT2D eigenvalue weighted by molar-refractivity contribution is -0.118. The zero-order valence-electron chi connectivity index (χ0n) is 16.0. The highest BCUT2D eigenvalue weighted by Crippen LogP contribution is 2.58. The van der Waals surface area contributed by atoms with Crippen molar-refractivity contribution < 1.29 is 14.0 Å². The summed E-state index contributed by atoms with van der Waals surface area (Å²) in [6.45, 7) is 1.91. The van der Waals surface area contributed by atoms with E-state index in [0.717, 1.165) is 37.9 Å². The molecule has 1 aliphatic carbocycles. The van der Waals surface area contributed by atoms with Gasteiger partial charge in [-0.25, -0.2) is 4.39 Å². The largest absolute Gasteiger partial charge is 0.326 e. The van der Waals surface area contributed by atoms with Gasteiger partial charge in [0, 0.05) is 11.6 Å². The van der Waals surface area contributed by atoms with Crippen molar-refractivity contribution in [2.75, 3.05) is 23.7 Å². The molecule has 4 rings (SSSR count). The Kier molecular flexibility index (Phi) is 6.55. The molecule has 2 aromatic carbocycles. The SMILES string of the molecule is Cl.O=C(Cc1ccccc1)Nc1cc(NC(=O)C2CC23CCNCC3)ccc1F. The summed E-state index contributed by atoms with van der Waals surface area (Å²) in [6.07, 6.45) is 3.13. The average Bonchev–Trinajstić information content (AvgIpc) is 3.38. The summed E-state index contributed by atoms with van der Waals surface area (Å²) >= 11 is 0. The van der Waals surface area contributed by atoms with Crippen molar-refractivity contribution in [2.45, 2.75) is 25.7 Å². The molecular formula is C22H25ClFN3O2. The first-order valence-electron chi connectivity index (χ1n) is 9.71. The van der Waals surface area contributed by atoms with Crippen LogP contribution in [-0.4, -0.2) is 24.9 Å². The molecule has 0 radical (unpaired) electrons. The van der Waals surface area contributed by atoms with Crippen LogP contribution in [0.25, 0.3) is 0 Å². The van der Waals surface area contributed by atoms with Gasteiger partial charge in [-0.1, -0.05) is 30.3 Å². The van der Waals surface area contributed by atoms with Crippen LogP contribution in [0.3, 0.4) is 0 Å². The number of amides is 2. The second-order valence-corrected chi connectivity index (χ2v) is 7.76. The molecule has 0 aromatic heterocycles. The van der Waals surface area contributed by atoms with Gasteiger partial charge in [-0.05, 0) is 61.5 Å². The first-order valence-corrected chi connectivity index (χ1v) is 9.71. The quantitative estimate of drug-likeness (QED) is 0.693. The molecule has 1 unspecified atom stereocenters. The number of benzene rings is 2. The molecule has 1 heterocycles. The van der Waals surface area contributed by atoms with Crippen molar-refractivity contribution in [3.05, 3.63) is 59.9 Å². The molecule has 2 aliphatic rings. The van der Waals surface area contributed by atoms with E-state index in [9.17, 15) is 14.0 Å². The van der Waals surface area contributed by atoms with Gasteiger partial charge in [0.25, 0.3) is 0 Å². The van der Waals surface area contributed by atoms with Gasteiger partial charge in [0.15, 0.2) is 0 Å². The van der Waals surface area contributed by atoms with Crippen molar-refractivity contribution in [1.82, 2.24) is 5.32 Å². The van der Waals surface area contributed by atoms with Crippen LogP contribution in [0.2, 0.25) is 0 Å². The fourth-order valence-corrected chi connectivity index (χ4v) is 4.10. The van der Waals surface area contributed by atoms with E-state index in [4.69, 9.17) is 0 Å². The first kappa shape index (κ1) is 21.3. The Balaban J connectivity index is 0.00000240. The fourth-order valence-electron chi connectivity index (χ4n) is 4.10. The van der Waals surface area contributed by atoms with E-state index in [0.29, 0.717) is 5.69 Å². The normalized spacial score (nSPS) is 19.1. The van der Waals surface area contributed by atoms with E-state index in [2.05, 4.69) is 16.0 Å². The lowest BCUT2D eigenvalue weighted by Crippen LogP contribution is -2.31. The van der Waals surface area contributed by atoms with E-state index in [1.165, 1.54) is 18.2 Å². The molecule has 1 atom stereocenters. The first-order chi connectivity index (χ1) is 13.6. The van der Waals surface area contributed by atoms with Crippen LogP contribution in [0, 0.1) is 17.2 Å². The zero-order valence-corrected chi connectivity index (χ0v) is 16.9. The zero-order chi connectivity index (χ0) is 19.6. The standard InChI is InChI=1S/C22H24FN3O2.ClH/c23-18-7-6-16(25-21(28)17-14-22(17)8-10-24-11-9-22)13-19(18)26-20(27)12-15-4-2-1-3-5-15;/h1-7,13,17,24H,8-12,14H2,(H,25,28)(H,26,27);1H. The Hall–Kier alpha value is -2.44. The molecule has 29 heavy (non-hydrogen) atoms. The second-order valence-electron chi connectivity index (χ2n) is 7.76. The van der Waals surface area contributed by atoms with Gasteiger partial charge in [-0.2, -0.15) is 0 Å². The molecule has 154 valence electrons. The number of halogens is 2. The maximum absolute atomic E-state index is 14.1. The Morgan fingerprint density at radius 3 is 2.52 bits per heavy atom. The maximum Gasteiger partial charge on any atom is 0.228 e. The third-order valence-electron chi connectivity index (χ3n) is 5.82. The van der Waals surface area contributed by atoms with Crippen molar-refractivity contribution in [3.8, 4) is 0 Å². The molecule has 3 N–H and O–H groups in total. The van der Waals surface area contributed by atoms with E-state index in [1.54, 1.807) is 0 Å². The van der Waals surface area contributed by atoms with Crippen LogP contribution in [0.1, 0.15) is 24.8 Å². The van der Waals surface area contributed by atoms with Gasteiger partial charge in [0.2, 0.25) is 11.8 Å². The molecular weight excluding hydrogens is 393 g/mol. The van der Waals surface area contributed by atoms with E-state index in [-0.39, 0.29) is 47.7 Å². The number of anilines is 2. The molecule has 2 amide bonds. The Labute approximate surface area is 175 Å². The third-order valence-corrected chi connectivity index (χ3v) is 5.82. The topological polar surface area (TPSA) is 70.2 Å². The van der Waals surface area contributed by atoms with E-state index in [1.807, 2.05) is 30.3 Å². The van der Waals surface area contributed by atoms with Gasteiger partial charge in [-0.3, -0.25) is 9.59 Å². The predicted octanol–water partition coefficient (Wildman–Crippen LogP) is 3.76. The summed E-state index contributed by atoms with van der Waals surface area (Å²) in [7, 11) is 0. The number of hydrogen-bond acceptors (Lipinski definition) is 3. The van der Waals surface area contributed by atoms with Crippen LogP contribution < -0.4 is 16.0 Å². The second kappa shape index (κ2) is 8.93. The molecule has 2 aromatic rings. The summed E-state index contributed by atoms with van der Waals surface area (Å²) in [5, 5.41) is 8.81. The van der Waals surface area contributed by atoms with Crippen LogP contribution in [-0.2, 0) is 16.0 Å². The molecule has 7 heteroatoms. The van der Waals surface area contributed by atoms with Gasteiger partial charge in [-0.15, -0.1) is 12.4 Å². The molecule has 1 aliphatic heterocycles. The van der Waals surface area contributed by atoms with Crippen molar-refractivity contribution in [3.63, 3.8) is 0 Å². The molecule has 1 spiro atoms. The number of piperidine rings is 1. The monoisotopic (exact) mass is 417 g/mol. The Morgan fingerprint density at radius 1 is 1.07 bits per heavy atom. The summed E-state index contributed by atoms with van der Waals surface area (Å²) < 4.78 is 14.1. The lowest BCUT2D eigenvalue weighted by atomic mass is 9.92. The fraction of sp³-hybridized carbons (Fsp3) is 0.364. The summed E-state index contributed by atoms with van der Waals surface area (Å²) in [6, 6.07) is 13.5. The number of carbonyl (C=O) groups excluding carboxylic acids is 2. The van der Waals surface area contributed by atoms with Gasteiger partial charge in [0.1, 0.15) is 5.82 Å². The molecule has 2 fully saturated rings.